The third-order valence-electron chi connectivity index (χ3n) is 2.09. The first-order valence-electron chi connectivity index (χ1n) is 4.12. The number of nitrogens with one attached hydrogen (secondary N) is 1. The first-order valence-corrected chi connectivity index (χ1v) is 4.92. The molecular formula is C10H11BrN2. The summed E-state index contributed by atoms with van der Waals surface area (Å²) in [5.74, 6) is 0. The Morgan fingerprint density at radius 3 is 2.77 bits per heavy atom. The SMILES string of the molecule is CN(C)c1cc(Br)cc2cc[nH]c12. The monoisotopic (exact) mass is 238 g/mol. The maximum Gasteiger partial charge on any atom is 0.0692 e. The van der Waals surface area contributed by atoms with Gasteiger partial charge < -0.3 is 9.88 Å². The van der Waals surface area contributed by atoms with Crippen molar-refractivity contribution in [3.05, 3.63) is 28.9 Å². The highest BCUT2D eigenvalue weighted by atomic mass is 79.9. The lowest BCUT2D eigenvalue weighted by Gasteiger charge is -2.13. The quantitative estimate of drug-likeness (QED) is 0.810. The van der Waals surface area contributed by atoms with Crippen molar-refractivity contribution in [2.75, 3.05) is 19.0 Å². The molecule has 2 aromatic rings. The highest BCUT2D eigenvalue weighted by molar-refractivity contribution is 9.10. The van der Waals surface area contributed by atoms with Crippen LogP contribution in [0.3, 0.4) is 0 Å². The fourth-order valence-electron chi connectivity index (χ4n) is 1.47. The average Bonchev–Trinajstić information content (AvgIpc) is 2.49. The van der Waals surface area contributed by atoms with Gasteiger partial charge in [0, 0.05) is 30.2 Å². The molecule has 1 aromatic carbocycles. The highest BCUT2D eigenvalue weighted by Crippen LogP contribution is 2.28. The summed E-state index contributed by atoms with van der Waals surface area (Å²) in [6, 6.07) is 6.30. The summed E-state index contributed by atoms with van der Waals surface area (Å²) >= 11 is 3.50. The van der Waals surface area contributed by atoms with Crippen LogP contribution in [0.5, 0.6) is 0 Å². The second kappa shape index (κ2) is 3.07. The van der Waals surface area contributed by atoms with Gasteiger partial charge in [-0.1, -0.05) is 15.9 Å². The molecule has 1 aromatic heterocycles. The van der Waals surface area contributed by atoms with E-state index in [1.165, 1.54) is 16.6 Å². The topological polar surface area (TPSA) is 19.0 Å². The zero-order chi connectivity index (χ0) is 9.42. The molecular weight excluding hydrogens is 228 g/mol. The number of H-pyrrole nitrogens is 1. The zero-order valence-electron chi connectivity index (χ0n) is 7.63. The van der Waals surface area contributed by atoms with Gasteiger partial charge in [0.1, 0.15) is 0 Å². The van der Waals surface area contributed by atoms with Crippen LogP contribution >= 0.6 is 15.9 Å². The number of fused-ring (bicyclic) bond motifs is 1. The van der Waals surface area contributed by atoms with E-state index in [2.05, 4.69) is 44.0 Å². The summed E-state index contributed by atoms with van der Waals surface area (Å²) in [6.07, 6.45) is 1.96. The van der Waals surface area contributed by atoms with Crippen molar-refractivity contribution in [3.8, 4) is 0 Å². The molecule has 0 spiro atoms. The number of anilines is 1. The van der Waals surface area contributed by atoms with E-state index in [0.29, 0.717) is 0 Å². The Morgan fingerprint density at radius 1 is 1.31 bits per heavy atom. The molecule has 2 nitrogen and oxygen atoms in total. The van der Waals surface area contributed by atoms with Crippen LogP contribution in [-0.4, -0.2) is 19.1 Å². The summed E-state index contributed by atoms with van der Waals surface area (Å²) < 4.78 is 1.11. The Bertz CT molecular complexity index is 431. The molecule has 0 bridgehead atoms. The maximum absolute atomic E-state index is 3.50. The number of hydrogen-bond acceptors (Lipinski definition) is 1. The summed E-state index contributed by atoms with van der Waals surface area (Å²) in [7, 11) is 4.09. The van der Waals surface area contributed by atoms with Crippen LogP contribution < -0.4 is 4.90 Å². The number of halogens is 1. The van der Waals surface area contributed by atoms with Crippen LogP contribution in [-0.2, 0) is 0 Å². The van der Waals surface area contributed by atoms with E-state index in [-0.39, 0.29) is 0 Å². The van der Waals surface area contributed by atoms with E-state index < -0.39 is 0 Å². The van der Waals surface area contributed by atoms with Crippen LogP contribution in [0.25, 0.3) is 10.9 Å². The van der Waals surface area contributed by atoms with Crippen molar-refractivity contribution < 1.29 is 0 Å². The number of rotatable bonds is 1. The molecule has 3 heteroatoms. The zero-order valence-corrected chi connectivity index (χ0v) is 9.22. The third kappa shape index (κ3) is 1.44. The third-order valence-corrected chi connectivity index (χ3v) is 2.54. The Hall–Kier alpha value is -0.960. The van der Waals surface area contributed by atoms with Crippen LogP contribution in [0.15, 0.2) is 28.9 Å². The summed E-state index contributed by atoms with van der Waals surface area (Å²) in [4.78, 5) is 5.34. The predicted octanol–water partition coefficient (Wildman–Crippen LogP) is 3.00. The molecule has 0 aliphatic heterocycles. The van der Waals surface area contributed by atoms with E-state index in [1.54, 1.807) is 0 Å². The van der Waals surface area contributed by atoms with Crippen molar-refractivity contribution in [1.82, 2.24) is 4.98 Å². The van der Waals surface area contributed by atoms with Crippen molar-refractivity contribution in [2.45, 2.75) is 0 Å². The minimum absolute atomic E-state index is 1.11. The molecule has 0 unspecified atom stereocenters. The van der Waals surface area contributed by atoms with Gasteiger partial charge in [0.05, 0.1) is 11.2 Å². The van der Waals surface area contributed by atoms with Gasteiger partial charge in [0.15, 0.2) is 0 Å². The van der Waals surface area contributed by atoms with Crippen molar-refractivity contribution >= 4 is 32.5 Å². The number of aromatic nitrogens is 1. The van der Waals surface area contributed by atoms with E-state index in [0.717, 1.165) is 4.47 Å². The average molecular weight is 239 g/mol. The lowest BCUT2D eigenvalue weighted by Crippen LogP contribution is -2.09. The molecule has 0 aliphatic carbocycles. The molecule has 0 atom stereocenters. The highest BCUT2D eigenvalue weighted by Gasteiger charge is 2.04. The molecule has 0 fully saturated rings. The van der Waals surface area contributed by atoms with Gasteiger partial charge in [-0.25, -0.2) is 0 Å². The fraction of sp³-hybridized carbons (Fsp3) is 0.200. The standard InChI is InChI=1S/C10H11BrN2/c1-13(2)9-6-8(11)5-7-3-4-12-10(7)9/h3-6,12H,1-2H3. The molecule has 0 aliphatic rings. The molecule has 0 saturated heterocycles. The smallest absolute Gasteiger partial charge is 0.0692 e. The van der Waals surface area contributed by atoms with Gasteiger partial charge in [-0.15, -0.1) is 0 Å². The first-order chi connectivity index (χ1) is 6.18. The van der Waals surface area contributed by atoms with E-state index in [9.17, 15) is 0 Å². The second-order valence-corrected chi connectivity index (χ2v) is 4.18. The normalized spacial score (nSPS) is 10.7. The Kier molecular flexibility index (Phi) is 2.04. The summed E-state index contributed by atoms with van der Waals surface area (Å²) in [5, 5.41) is 1.23. The molecule has 0 radical (unpaired) electrons. The Labute approximate surface area is 85.7 Å². The lowest BCUT2D eigenvalue weighted by atomic mass is 10.2. The molecule has 1 N–H and O–H groups in total. The number of hydrogen-bond donors (Lipinski definition) is 1. The van der Waals surface area contributed by atoms with Gasteiger partial charge in [-0.3, -0.25) is 0 Å². The molecule has 13 heavy (non-hydrogen) atoms. The molecule has 2 rings (SSSR count). The lowest BCUT2D eigenvalue weighted by molar-refractivity contribution is 1.14. The number of aromatic amines is 1. The van der Waals surface area contributed by atoms with E-state index >= 15 is 0 Å². The molecule has 68 valence electrons. The van der Waals surface area contributed by atoms with Crippen molar-refractivity contribution in [2.24, 2.45) is 0 Å². The Balaban J connectivity index is 2.77. The minimum Gasteiger partial charge on any atom is -0.376 e. The van der Waals surface area contributed by atoms with Gasteiger partial charge in [0.25, 0.3) is 0 Å². The van der Waals surface area contributed by atoms with E-state index in [4.69, 9.17) is 0 Å². The maximum atomic E-state index is 3.50. The second-order valence-electron chi connectivity index (χ2n) is 3.26. The predicted molar refractivity (Wildman–Crippen MR) is 60.3 cm³/mol. The van der Waals surface area contributed by atoms with Crippen molar-refractivity contribution in [3.63, 3.8) is 0 Å². The van der Waals surface area contributed by atoms with Gasteiger partial charge in [-0.2, -0.15) is 0 Å². The molecule has 0 amide bonds. The summed E-state index contributed by atoms with van der Waals surface area (Å²) in [5.41, 5.74) is 2.39. The molecule has 1 heterocycles. The van der Waals surface area contributed by atoms with Gasteiger partial charge >= 0.3 is 0 Å². The van der Waals surface area contributed by atoms with Crippen LogP contribution in [0.1, 0.15) is 0 Å². The van der Waals surface area contributed by atoms with Gasteiger partial charge in [0.2, 0.25) is 0 Å². The largest absolute Gasteiger partial charge is 0.376 e. The van der Waals surface area contributed by atoms with Crippen LogP contribution in [0.2, 0.25) is 0 Å². The minimum atomic E-state index is 1.11. The molecule has 0 saturated carbocycles. The number of nitrogens with zero attached hydrogens (tertiary/aromatic N) is 1. The van der Waals surface area contributed by atoms with Crippen LogP contribution in [0.4, 0.5) is 5.69 Å². The summed E-state index contributed by atoms with van der Waals surface area (Å²) in [6.45, 7) is 0. The fourth-order valence-corrected chi connectivity index (χ4v) is 1.93. The Morgan fingerprint density at radius 2 is 2.08 bits per heavy atom. The van der Waals surface area contributed by atoms with Crippen molar-refractivity contribution in [1.29, 1.82) is 0 Å². The number of benzene rings is 1. The van der Waals surface area contributed by atoms with E-state index in [1.807, 2.05) is 20.3 Å². The van der Waals surface area contributed by atoms with Crippen LogP contribution in [0, 0.1) is 0 Å². The van der Waals surface area contributed by atoms with Gasteiger partial charge in [-0.05, 0) is 18.2 Å². The first kappa shape index (κ1) is 8.63.